The third-order valence-corrected chi connectivity index (χ3v) is 3.65. The monoisotopic (exact) mass is 266 g/mol. The molecule has 5 heteroatoms. The van der Waals surface area contributed by atoms with Crippen LogP contribution in [0.15, 0.2) is 24.3 Å². The highest BCUT2D eigenvalue weighted by molar-refractivity contribution is 7.13. The molecule has 3 nitrogen and oxygen atoms in total. The minimum absolute atomic E-state index is 0.187. The van der Waals surface area contributed by atoms with E-state index in [0.717, 1.165) is 10.6 Å². The molecule has 0 aliphatic rings. The Morgan fingerprint density at radius 2 is 1.94 bits per heavy atom. The summed E-state index contributed by atoms with van der Waals surface area (Å²) < 4.78 is 0. The van der Waals surface area contributed by atoms with Gasteiger partial charge in [-0.15, -0.1) is 11.3 Å². The number of aryl methyl sites for hydroxylation is 2. The van der Waals surface area contributed by atoms with Gasteiger partial charge >= 0.3 is 0 Å². The standard InChI is InChI=1S/C12H11ClN2OS/c1-7-8(2)17-12(14-7)11(16)15-10-5-3-9(13)4-6-10/h3-6H,1-2H3,(H,15,16). The largest absolute Gasteiger partial charge is 0.320 e. The van der Waals surface area contributed by atoms with Gasteiger partial charge < -0.3 is 5.32 Å². The summed E-state index contributed by atoms with van der Waals surface area (Å²) in [4.78, 5) is 17.1. The highest BCUT2D eigenvalue weighted by atomic mass is 35.5. The van der Waals surface area contributed by atoms with Crippen LogP contribution in [0.1, 0.15) is 20.4 Å². The zero-order valence-corrected chi connectivity index (χ0v) is 11.0. The third kappa shape index (κ3) is 2.84. The molecule has 0 fully saturated rings. The zero-order chi connectivity index (χ0) is 12.4. The minimum Gasteiger partial charge on any atom is -0.320 e. The Bertz CT molecular complexity index is 529. The average Bonchev–Trinajstić information content (AvgIpc) is 2.63. The van der Waals surface area contributed by atoms with Crippen LogP contribution in [-0.4, -0.2) is 10.9 Å². The van der Waals surface area contributed by atoms with Crippen molar-refractivity contribution in [2.75, 3.05) is 5.32 Å². The van der Waals surface area contributed by atoms with E-state index in [9.17, 15) is 4.79 Å². The van der Waals surface area contributed by atoms with E-state index in [1.54, 1.807) is 24.3 Å². The molecule has 0 saturated heterocycles. The number of halogens is 1. The van der Waals surface area contributed by atoms with E-state index in [4.69, 9.17) is 11.6 Å². The summed E-state index contributed by atoms with van der Waals surface area (Å²) in [5.41, 5.74) is 1.61. The molecule has 1 aromatic carbocycles. The fraction of sp³-hybridized carbons (Fsp3) is 0.167. The fourth-order valence-corrected chi connectivity index (χ4v) is 2.22. The van der Waals surface area contributed by atoms with Gasteiger partial charge in [-0.1, -0.05) is 11.6 Å². The van der Waals surface area contributed by atoms with Gasteiger partial charge in [-0.3, -0.25) is 4.79 Å². The number of nitrogens with one attached hydrogen (secondary N) is 1. The Morgan fingerprint density at radius 3 is 2.47 bits per heavy atom. The predicted molar refractivity (Wildman–Crippen MR) is 71.0 cm³/mol. The van der Waals surface area contributed by atoms with E-state index in [1.165, 1.54) is 11.3 Å². The Hall–Kier alpha value is -1.39. The van der Waals surface area contributed by atoms with Crippen LogP contribution in [0.2, 0.25) is 5.02 Å². The van der Waals surface area contributed by atoms with E-state index >= 15 is 0 Å². The summed E-state index contributed by atoms with van der Waals surface area (Å²) in [5.74, 6) is -0.187. The summed E-state index contributed by atoms with van der Waals surface area (Å²) in [5, 5.41) is 3.90. The molecule has 1 N–H and O–H groups in total. The van der Waals surface area contributed by atoms with Gasteiger partial charge in [-0.25, -0.2) is 4.98 Å². The molecule has 0 atom stereocenters. The van der Waals surface area contributed by atoms with E-state index in [1.807, 2.05) is 13.8 Å². The number of rotatable bonds is 2. The number of aromatic nitrogens is 1. The molecule has 0 bridgehead atoms. The van der Waals surface area contributed by atoms with E-state index in [-0.39, 0.29) is 5.91 Å². The van der Waals surface area contributed by atoms with Gasteiger partial charge in [0.25, 0.3) is 5.91 Å². The minimum atomic E-state index is -0.187. The van der Waals surface area contributed by atoms with Crippen LogP contribution in [0, 0.1) is 13.8 Å². The van der Waals surface area contributed by atoms with Gasteiger partial charge in [0.15, 0.2) is 5.01 Å². The van der Waals surface area contributed by atoms with Gasteiger partial charge in [0.1, 0.15) is 0 Å². The lowest BCUT2D eigenvalue weighted by molar-refractivity contribution is 0.102. The highest BCUT2D eigenvalue weighted by Gasteiger charge is 2.12. The second-order valence-electron chi connectivity index (χ2n) is 3.62. The molecule has 0 saturated carbocycles. The molecule has 0 aliphatic heterocycles. The Balaban J connectivity index is 2.14. The molecule has 2 rings (SSSR count). The van der Waals surface area contributed by atoms with Crippen LogP contribution in [0.5, 0.6) is 0 Å². The Kier molecular flexibility index (Phi) is 3.45. The molecule has 1 heterocycles. The zero-order valence-electron chi connectivity index (χ0n) is 9.45. The first-order valence-corrected chi connectivity index (χ1v) is 6.26. The van der Waals surface area contributed by atoms with Crippen molar-refractivity contribution >= 4 is 34.5 Å². The first kappa shape index (κ1) is 12.1. The Labute approximate surface area is 108 Å². The maximum Gasteiger partial charge on any atom is 0.284 e. The van der Waals surface area contributed by atoms with Gasteiger partial charge in [-0.05, 0) is 38.1 Å². The summed E-state index contributed by atoms with van der Waals surface area (Å²) >= 11 is 7.16. The van der Waals surface area contributed by atoms with Crippen molar-refractivity contribution in [3.63, 3.8) is 0 Å². The summed E-state index contributed by atoms with van der Waals surface area (Å²) in [7, 11) is 0. The number of hydrogen-bond donors (Lipinski definition) is 1. The highest BCUT2D eigenvalue weighted by Crippen LogP contribution is 2.19. The normalized spacial score (nSPS) is 10.3. The topological polar surface area (TPSA) is 42.0 Å². The average molecular weight is 267 g/mol. The molecule has 0 aliphatic carbocycles. The molecule has 2 aromatic rings. The van der Waals surface area contributed by atoms with E-state index in [0.29, 0.717) is 15.7 Å². The summed E-state index contributed by atoms with van der Waals surface area (Å²) in [6.45, 7) is 3.84. The number of amides is 1. The Morgan fingerprint density at radius 1 is 1.29 bits per heavy atom. The van der Waals surface area contributed by atoms with Gasteiger partial charge in [-0.2, -0.15) is 0 Å². The van der Waals surface area contributed by atoms with Gasteiger partial charge in [0.05, 0.1) is 5.69 Å². The quantitative estimate of drug-likeness (QED) is 0.901. The van der Waals surface area contributed by atoms with Crippen molar-refractivity contribution in [1.29, 1.82) is 0 Å². The lowest BCUT2D eigenvalue weighted by Gasteiger charge is -2.02. The number of thiazole rings is 1. The third-order valence-electron chi connectivity index (χ3n) is 2.32. The van der Waals surface area contributed by atoms with Crippen molar-refractivity contribution in [2.45, 2.75) is 13.8 Å². The molecular formula is C12H11ClN2OS. The number of anilines is 1. The molecule has 17 heavy (non-hydrogen) atoms. The molecule has 1 amide bonds. The number of nitrogens with zero attached hydrogens (tertiary/aromatic N) is 1. The maximum absolute atomic E-state index is 11.9. The molecule has 0 unspecified atom stereocenters. The van der Waals surface area contributed by atoms with Crippen molar-refractivity contribution < 1.29 is 4.79 Å². The molecule has 0 radical (unpaired) electrons. The summed E-state index contributed by atoms with van der Waals surface area (Å²) in [6.07, 6.45) is 0. The first-order valence-electron chi connectivity index (χ1n) is 5.07. The van der Waals surface area contributed by atoms with Crippen molar-refractivity contribution in [3.05, 3.63) is 44.9 Å². The number of benzene rings is 1. The molecule has 88 valence electrons. The first-order chi connectivity index (χ1) is 8.06. The van der Waals surface area contributed by atoms with Crippen LogP contribution >= 0.6 is 22.9 Å². The van der Waals surface area contributed by atoms with Crippen LogP contribution < -0.4 is 5.32 Å². The van der Waals surface area contributed by atoms with Crippen molar-refractivity contribution in [2.24, 2.45) is 0 Å². The van der Waals surface area contributed by atoms with Crippen LogP contribution in [0.4, 0.5) is 5.69 Å². The lowest BCUT2D eigenvalue weighted by Crippen LogP contribution is -2.11. The van der Waals surface area contributed by atoms with Crippen LogP contribution in [0.3, 0.4) is 0 Å². The van der Waals surface area contributed by atoms with Crippen LogP contribution in [0.25, 0.3) is 0 Å². The van der Waals surface area contributed by atoms with Gasteiger partial charge in [0.2, 0.25) is 0 Å². The fourth-order valence-electron chi connectivity index (χ4n) is 1.29. The summed E-state index contributed by atoms with van der Waals surface area (Å²) in [6, 6.07) is 6.98. The maximum atomic E-state index is 11.9. The van der Waals surface area contributed by atoms with Gasteiger partial charge in [0, 0.05) is 15.6 Å². The molecule has 0 spiro atoms. The molecular weight excluding hydrogens is 256 g/mol. The van der Waals surface area contributed by atoms with E-state index < -0.39 is 0 Å². The number of carbonyl (C=O) groups excluding carboxylic acids is 1. The predicted octanol–water partition coefficient (Wildman–Crippen LogP) is 3.67. The van der Waals surface area contributed by atoms with Crippen molar-refractivity contribution in [1.82, 2.24) is 4.98 Å². The van der Waals surface area contributed by atoms with Crippen molar-refractivity contribution in [3.8, 4) is 0 Å². The van der Waals surface area contributed by atoms with Crippen LogP contribution in [-0.2, 0) is 0 Å². The molecule has 1 aromatic heterocycles. The van der Waals surface area contributed by atoms with E-state index in [2.05, 4.69) is 10.3 Å². The smallest absolute Gasteiger partial charge is 0.284 e. The second-order valence-corrected chi connectivity index (χ2v) is 5.26. The lowest BCUT2D eigenvalue weighted by atomic mass is 10.3. The second kappa shape index (κ2) is 4.85. The number of carbonyl (C=O) groups is 1. The SMILES string of the molecule is Cc1nc(C(=O)Nc2ccc(Cl)cc2)sc1C. The number of hydrogen-bond acceptors (Lipinski definition) is 3.